The molecule has 8 heteroatoms. The average molecular weight is 423 g/mol. The molecule has 150 valence electrons. The van der Waals surface area contributed by atoms with E-state index in [-0.39, 0.29) is 24.0 Å². The standard InChI is InChI=1S/C20H23ClN2O4S/c1-14-5-6-17(13-19(14)21)27-11-9-22-28(25,26)18-7-8-20-16(12-18)4-3-10-23(20)15(2)24/h5-8,12-13,22H,3-4,9-11H2,1-2H3. The van der Waals surface area contributed by atoms with Crippen LogP contribution in [0.2, 0.25) is 5.02 Å². The number of sulfonamides is 1. The predicted molar refractivity (Wildman–Crippen MR) is 110 cm³/mol. The molecule has 0 aliphatic carbocycles. The van der Waals surface area contributed by atoms with Gasteiger partial charge in [-0.25, -0.2) is 13.1 Å². The van der Waals surface area contributed by atoms with Gasteiger partial charge in [-0.15, -0.1) is 0 Å². The molecule has 0 aromatic heterocycles. The number of fused-ring (bicyclic) bond motifs is 1. The molecular weight excluding hydrogens is 400 g/mol. The van der Waals surface area contributed by atoms with Crippen LogP contribution in [0.15, 0.2) is 41.3 Å². The highest BCUT2D eigenvalue weighted by Gasteiger charge is 2.22. The molecule has 1 aliphatic rings. The molecule has 0 saturated carbocycles. The van der Waals surface area contributed by atoms with Crippen molar-refractivity contribution in [1.82, 2.24) is 4.72 Å². The van der Waals surface area contributed by atoms with Gasteiger partial charge in [0.2, 0.25) is 15.9 Å². The lowest BCUT2D eigenvalue weighted by molar-refractivity contribution is -0.116. The zero-order valence-electron chi connectivity index (χ0n) is 15.9. The van der Waals surface area contributed by atoms with Gasteiger partial charge in [0, 0.05) is 30.7 Å². The summed E-state index contributed by atoms with van der Waals surface area (Å²) in [6, 6.07) is 10.2. The van der Waals surface area contributed by atoms with Crippen LogP contribution in [-0.4, -0.2) is 34.0 Å². The molecule has 0 unspecified atom stereocenters. The van der Waals surface area contributed by atoms with Crippen LogP contribution in [0.25, 0.3) is 0 Å². The van der Waals surface area contributed by atoms with Crippen LogP contribution >= 0.6 is 11.6 Å². The number of nitrogens with one attached hydrogen (secondary N) is 1. The minimum absolute atomic E-state index is 0.0389. The molecular formula is C20H23ClN2O4S. The number of hydrogen-bond acceptors (Lipinski definition) is 4. The maximum Gasteiger partial charge on any atom is 0.240 e. The second-order valence-electron chi connectivity index (χ2n) is 6.72. The molecule has 3 rings (SSSR count). The lowest BCUT2D eigenvalue weighted by atomic mass is 10.0. The number of amides is 1. The molecule has 2 aromatic rings. The first-order chi connectivity index (χ1) is 13.3. The molecule has 1 amide bonds. The third-order valence-electron chi connectivity index (χ3n) is 4.67. The Bertz CT molecular complexity index is 992. The lowest BCUT2D eigenvalue weighted by Crippen LogP contribution is -2.34. The Labute approximate surface area is 170 Å². The molecule has 1 heterocycles. The third kappa shape index (κ3) is 4.66. The van der Waals surface area contributed by atoms with Crippen LogP contribution in [-0.2, 0) is 21.2 Å². The van der Waals surface area contributed by atoms with E-state index in [1.54, 1.807) is 29.2 Å². The summed E-state index contributed by atoms with van der Waals surface area (Å²) in [6.07, 6.45) is 1.57. The Morgan fingerprint density at radius 2 is 2.04 bits per heavy atom. The first kappa shape index (κ1) is 20.6. The van der Waals surface area contributed by atoms with E-state index in [0.29, 0.717) is 17.3 Å². The summed E-state index contributed by atoms with van der Waals surface area (Å²) >= 11 is 6.05. The minimum atomic E-state index is -3.66. The number of benzene rings is 2. The Morgan fingerprint density at radius 1 is 1.25 bits per heavy atom. The smallest absolute Gasteiger partial charge is 0.240 e. The van der Waals surface area contributed by atoms with Gasteiger partial charge in [-0.05, 0) is 61.2 Å². The molecule has 28 heavy (non-hydrogen) atoms. The molecule has 0 bridgehead atoms. The van der Waals surface area contributed by atoms with Crippen molar-refractivity contribution in [3.05, 3.63) is 52.5 Å². The number of hydrogen-bond donors (Lipinski definition) is 1. The van der Waals surface area contributed by atoms with Gasteiger partial charge in [0.1, 0.15) is 12.4 Å². The molecule has 1 aliphatic heterocycles. The maximum atomic E-state index is 12.6. The molecule has 2 aromatic carbocycles. The van der Waals surface area contributed by atoms with Crippen LogP contribution < -0.4 is 14.4 Å². The Morgan fingerprint density at radius 3 is 2.75 bits per heavy atom. The predicted octanol–water partition coefficient (Wildman–Crippen LogP) is 3.30. The highest BCUT2D eigenvalue weighted by molar-refractivity contribution is 7.89. The third-order valence-corrected chi connectivity index (χ3v) is 6.53. The van der Waals surface area contributed by atoms with Crippen molar-refractivity contribution >= 4 is 33.2 Å². The van der Waals surface area contributed by atoms with E-state index in [0.717, 1.165) is 29.7 Å². The van der Waals surface area contributed by atoms with Crippen molar-refractivity contribution in [1.29, 1.82) is 0 Å². The normalized spacial score (nSPS) is 13.9. The molecule has 0 saturated heterocycles. The Balaban J connectivity index is 1.63. The topological polar surface area (TPSA) is 75.7 Å². The largest absolute Gasteiger partial charge is 0.492 e. The zero-order chi connectivity index (χ0) is 20.3. The number of aryl methyl sites for hydroxylation is 2. The van der Waals surface area contributed by atoms with Crippen LogP contribution in [0, 0.1) is 6.92 Å². The number of anilines is 1. The number of halogens is 1. The molecule has 0 radical (unpaired) electrons. The fourth-order valence-electron chi connectivity index (χ4n) is 3.16. The van der Waals surface area contributed by atoms with Crippen molar-refractivity contribution in [2.45, 2.75) is 31.6 Å². The van der Waals surface area contributed by atoms with Gasteiger partial charge in [-0.2, -0.15) is 0 Å². The SMILES string of the molecule is CC(=O)N1CCCc2cc(S(=O)(=O)NCCOc3ccc(C)c(Cl)c3)ccc21. The summed E-state index contributed by atoms with van der Waals surface area (Å²) < 4.78 is 33.2. The first-order valence-electron chi connectivity index (χ1n) is 9.07. The fraction of sp³-hybridized carbons (Fsp3) is 0.350. The van der Waals surface area contributed by atoms with Crippen LogP contribution in [0.3, 0.4) is 0 Å². The van der Waals surface area contributed by atoms with Crippen LogP contribution in [0.4, 0.5) is 5.69 Å². The van der Waals surface area contributed by atoms with Crippen molar-refractivity contribution in [3.63, 3.8) is 0 Å². The van der Waals surface area contributed by atoms with Crippen molar-refractivity contribution in [2.24, 2.45) is 0 Å². The molecule has 0 fully saturated rings. The van der Waals surface area contributed by atoms with E-state index < -0.39 is 10.0 Å². The molecule has 1 N–H and O–H groups in total. The van der Waals surface area contributed by atoms with Gasteiger partial charge in [-0.1, -0.05) is 17.7 Å². The molecule has 0 spiro atoms. The Hall–Kier alpha value is -2.09. The first-order valence-corrected chi connectivity index (χ1v) is 10.9. The number of carbonyl (C=O) groups excluding carboxylic acids is 1. The monoisotopic (exact) mass is 422 g/mol. The second kappa shape index (κ2) is 8.51. The number of carbonyl (C=O) groups is 1. The highest BCUT2D eigenvalue weighted by atomic mass is 35.5. The van der Waals surface area contributed by atoms with E-state index in [9.17, 15) is 13.2 Å². The summed E-state index contributed by atoms with van der Waals surface area (Å²) in [5.41, 5.74) is 2.61. The van der Waals surface area contributed by atoms with Gasteiger partial charge in [-0.3, -0.25) is 4.79 Å². The van der Waals surface area contributed by atoms with E-state index in [4.69, 9.17) is 16.3 Å². The summed E-state index contributed by atoms with van der Waals surface area (Å²) in [6.45, 7) is 4.39. The van der Waals surface area contributed by atoms with Gasteiger partial charge in [0.05, 0.1) is 4.90 Å². The maximum absolute atomic E-state index is 12.6. The van der Waals surface area contributed by atoms with Gasteiger partial charge in [0.15, 0.2) is 0 Å². The number of ether oxygens (including phenoxy) is 1. The van der Waals surface area contributed by atoms with Gasteiger partial charge < -0.3 is 9.64 Å². The second-order valence-corrected chi connectivity index (χ2v) is 8.90. The summed E-state index contributed by atoms with van der Waals surface area (Å²) in [4.78, 5) is 13.6. The van der Waals surface area contributed by atoms with Crippen molar-refractivity contribution in [2.75, 3.05) is 24.6 Å². The van der Waals surface area contributed by atoms with Crippen LogP contribution in [0.1, 0.15) is 24.5 Å². The number of nitrogens with zero attached hydrogens (tertiary/aromatic N) is 1. The van der Waals surface area contributed by atoms with Crippen LogP contribution in [0.5, 0.6) is 5.75 Å². The average Bonchev–Trinajstić information content (AvgIpc) is 2.67. The van der Waals surface area contributed by atoms with Gasteiger partial charge in [0.25, 0.3) is 0 Å². The number of rotatable bonds is 6. The highest BCUT2D eigenvalue weighted by Crippen LogP contribution is 2.29. The quantitative estimate of drug-likeness (QED) is 0.724. The lowest BCUT2D eigenvalue weighted by Gasteiger charge is -2.28. The van der Waals surface area contributed by atoms with E-state index in [2.05, 4.69) is 4.72 Å². The van der Waals surface area contributed by atoms with E-state index in [1.807, 2.05) is 13.0 Å². The molecule has 6 nitrogen and oxygen atoms in total. The summed E-state index contributed by atoms with van der Waals surface area (Å²) in [5.74, 6) is 0.552. The fourth-order valence-corrected chi connectivity index (χ4v) is 4.39. The van der Waals surface area contributed by atoms with Crippen molar-refractivity contribution in [3.8, 4) is 5.75 Å². The van der Waals surface area contributed by atoms with E-state index >= 15 is 0 Å². The zero-order valence-corrected chi connectivity index (χ0v) is 17.4. The summed E-state index contributed by atoms with van der Waals surface area (Å²) in [7, 11) is -3.66. The summed E-state index contributed by atoms with van der Waals surface area (Å²) in [5, 5.41) is 0.603. The molecule has 0 atom stereocenters. The van der Waals surface area contributed by atoms with E-state index in [1.165, 1.54) is 13.0 Å². The van der Waals surface area contributed by atoms with Gasteiger partial charge >= 0.3 is 0 Å². The Kier molecular flexibility index (Phi) is 6.27. The van der Waals surface area contributed by atoms with Crippen molar-refractivity contribution < 1.29 is 17.9 Å². The minimum Gasteiger partial charge on any atom is -0.492 e.